The van der Waals surface area contributed by atoms with Gasteiger partial charge in [0, 0.05) is 21.6 Å². The normalized spacial score (nSPS) is 8.67. The van der Waals surface area contributed by atoms with Crippen LogP contribution in [0.15, 0.2) is 24.3 Å². The molecule has 0 bridgehead atoms. The Balaban J connectivity index is 2.80. The fraction of sp³-hybridized carbons (Fsp3) is 0. The Kier molecular flexibility index (Phi) is 2.83. The van der Waals surface area contributed by atoms with Gasteiger partial charge in [0.2, 0.25) is 0 Å². The van der Waals surface area contributed by atoms with Crippen LogP contribution in [0.1, 0.15) is 5.56 Å². The third-order valence-electron chi connectivity index (χ3n) is 1.26. The number of halogens is 1. The van der Waals surface area contributed by atoms with Crippen LogP contribution in [0.5, 0.6) is 0 Å². The smallest absolute Gasteiger partial charge is 0.291 e. The van der Waals surface area contributed by atoms with Crippen molar-refractivity contribution in [3.63, 3.8) is 0 Å². The molecule has 0 atom stereocenters. The summed E-state index contributed by atoms with van der Waals surface area (Å²) in [6.07, 6.45) is 0. The zero-order valence-corrected chi connectivity index (χ0v) is 7.63. The number of hydrogen-bond donors (Lipinski definition) is 1. The van der Waals surface area contributed by atoms with Crippen LogP contribution in [0, 0.1) is 11.3 Å². The number of nitrogens with one attached hydrogen (secondary N) is 1. The molecule has 0 saturated heterocycles. The van der Waals surface area contributed by atoms with E-state index in [-0.39, 0.29) is 4.82 Å². The van der Waals surface area contributed by atoms with Gasteiger partial charge in [0.05, 0.1) is 11.6 Å². The number of anilines is 1. The van der Waals surface area contributed by atoms with Gasteiger partial charge in [-0.1, -0.05) is 0 Å². The lowest BCUT2D eigenvalue weighted by Gasteiger charge is -1.98. The molecule has 0 aromatic heterocycles. The monoisotopic (exact) mass is 224 g/mol. The van der Waals surface area contributed by atoms with Gasteiger partial charge >= 0.3 is 0 Å². The van der Waals surface area contributed by atoms with Gasteiger partial charge in [0.15, 0.2) is 0 Å². The Morgan fingerprint density at radius 2 is 2.00 bits per heavy atom. The van der Waals surface area contributed by atoms with Crippen LogP contribution >= 0.6 is 15.9 Å². The van der Waals surface area contributed by atoms with E-state index in [4.69, 9.17) is 5.26 Å². The molecule has 0 aliphatic carbocycles. The van der Waals surface area contributed by atoms with Crippen LogP contribution < -0.4 is 5.32 Å². The molecule has 1 N–H and O–H groups in total. The van der Waals surface area contributed by atoms with E-state index in [2.05, 4.69) is 21.2 Å². The molecule has 4 heteroatoms. The fourth-order valence-electron chi connectivity index (χ4n) is 0.742. The van der Waals surface area contributed by atoms with Crippen molar-refractivity contribution >= 4 is 26.4 Å². The van der Waals surface area contributed by atoms with E-state index in [1.54, 1.807) is 24.3 Å². The quantitative estimate of drug-likeness (QED) is 0.589. The maximum absolute atomic E-state index is 10.5. The van der Waals surface area contributed by atoms with Crippen LogP contribution in [0.3, 0.4) is 0 Å². The van der Waals surface area contributed by atoms with Crippen LogP contribution in [-0.4, -0.2) is 4.82 Å². The van der Waals surface area contributed by atoms with E-state index in [1.807, 2.05) is 6.07 Å². The van der Waals surface area contributed by atoms with Crippen LogP contribution in [-0.2, 0) is 0 Å². The average molecular weight is 225 g/mol. The van der Waals surface area contributed by atoms with Crippen molar-refractivity contribution in [1.29, 1.82) is 5.26 Å². The third kappa shape index (κ3) is 2.36. The van der Waals surface area contributed by atoms with Gasteiger partial charge in [0.25, 0.3) is 4.82 Å². The van der Waals surface area contributed by atoms with Gasteiger partial charge < -0.3 is 5.32 Å². The van der Waals surface area contributed by atoms with E-state index < -0.39 is 0 Å². The van der Waals surface area contributed by atoms with E-state index >= 15 is 0 Å². The second kappa shape index (κ2) is 3.88. The number of nitriles is 1. The molecule has 0 unspecified atom stereocenters. The number of amides is 1. The largest absolute Gasteiger partial charge is 0.317 e. The van der Waals surface area contributed by atoms with E-state index in [9.17, 15) is 4.79 Å². The summed E-state index contributed by atoms with van der Waals surface area (Å²) in [6, 6.07) is 8.59. The molecule has 1 amide bonds. The van der Waals surface area contributed by atoms with E-state index in [1.165, 1.54) is 0 Å². The Labute approximate surface area is 78.1 Å². The number of benzene rings is 1. The van der Waals surface area contributed by atoms with Gasteiger partial charge in [-0.15, -0.1) is 0 Å². The Morgan fingerprint density at radius 1 is 1.42 bits per heavy atom. The minimum Gasteiger partial charge on any atom is -0.317 e. The minimum atomic E-state index is -0.299. The number of hydrogen-bond acceptors (Lipinski definition) is 2. The first-order valence-electron chi connectivity index (χ1n) is 3.19. The highest BCUT2D eigenvalue weighted by atomic mass is 79.9. The van der Waals surface area contributed by atoms with Gasteiger partial charge in [-0.05, 0) is 24.3 Å². The summed E-state index contributed by atoms with van der Waals surface area (Å²) in [7, 11) is 0. The molecule has 0 aliphatic heterocycles. The molecule has 0 aliphatic rings. The average Bonchev–Trinajstić information content (AvgIpc) is 2.05. The predicted molar refractivity (Wildman–Crippen MR) is 49.1 cm³/mol. The molecule has 12 heavy (non-hydrogen) atoms. The summed E-state index contributed by atoms with van der Waals surface area (Å²) < 4.78 is 0. The van der Waals surface area contributed by atoms with Gasteiger partial charge in [0.1, 0.15) is 0 Å². The maximum Gasteiger partial charge on any atom is 0.291 e. The molecule has 1 rings (SSSR count). The molecule has 0 radical (unpaired) electrons. The highest BCUT2D eigenvalue weighted by Gasteiger charge is 1.95. The highest BCUT2D eigenvalue weighted by Crippen LogP contribution is 2.09. The van der Waals surface area contributed by atoms with Crippen molar-refractivity contribution in [2.24, 2.45) is 0 Å². The Bertz CT molecular complexity index is 326. The van der Waals surface area contributed by atoms with Crippen molar-refractivity contribution in [1.82, 2.24) is 0 Å². The molecule has 0 spiro atoms. The first-order chi connectivity index (χ1) is 5.72. The third-order valence-corrected chi connectivity index (χ3v) is 1.45. The summed E-state index contributed by atoms with van der Waals surface area (Å²) in [4.78, 5) is 10.2. The molecule has 0 heterocycles. The minimum absolute atomic E-state index is 0.299. The summed E-state index contributed by atoms with van der Waals surface area (Å²) in [5, 5.41) is 11.0. The summed E-state index contributed by atoms with van der Waals surface area (Å²) in [5.74, 6) is 0. The first-order valence-corrected chi connectivity index (χ1v) is 3.98. The fourth-order valence-corrected chi connectivity index (χ4v) is 0.970. The molecule has 1 aromatic carbocycles. The number of carbonyl (C=O) groups excluding carboxylic acids is 1. The molecule has 1 aromatic rings. The molecule has 0 fully saturated rings. The summed E-state index contributed by atoms with van der Waals surface area (Å²) in [5.41, 5.74) is 1.23. The number of rotatable bonds is 1. The van der Waals surface area contributed by atoms with Crippen LogP contribution in [0.25, 0.3) is 0 Å². The van der Waals surface area contributed by atoms with Gasteiger partial charge in [-0.25, -0.2) is 0 Å². The highest BCUT2D eigenvalue weighted by molar-refractivity contribution is 9.18. The number of carbonyl (C=O) groups is 1. The van der Waals surface area contributed by atoms with Crippen LogP contribution in [0.4, 0.5) is 10.5 Å². The summed E-state index contributed by atoms with van der Waals surface area (Å²) in [6.45, 7) is 0. The van der Waals surface area contributed by atoms with Crippen molar-refractivity contribution in [2.45, 2.75) is 0 Å². The topological polar surface area (TPSA) is 52.9 Å². The van der Waals surface area contributed by atoms with Gasteiger partial charge in [-0.2, -0.15) is 5.26 Å². The SMILES string of the molecule is N#Cc1ccc(NC(=O)Br)cc1. The van der Waals surface area contributed by atoms with Crippen molar-refractivity contribution in [2.75, 3.05) is 5.32 Å². The zero-order chi connectivity index (χ0) is 8.97. The lowest BCUT2D eigenvalue weighted by Crippen LogP contribution is -1.99. The maximum atomic E-state index is 10.5. The van der Waals surface area contributed by atoms with Crippen molar-refractivity contribution in [3.8, 4) is 6.07 Å². The van der Waals surface area contributed by atoms with Gasteiger partial charge in [-0.3, -0.25) is 4.79 Å². The Morgan fingerprint density at radius 3 is 2.42 bits per heavy atom. The second-order valence-corrected chi connectivity index (χ2v) is 2.81. The zero-order valence-electron chi connectivity index (χ0n) is 6.04. The molecular weight excluding hydrogens is 220 g/mol. The summed E-state index contributed by atoms with van der Waals surface area (Å²) >= 11 is 2.73. The molecule has 60 valence electrons. The Hall–Kier alpha value is -1.34. The van der Waals surface area contributed by atoms with E-state index in [0.29, 0.717) is 11.3 Å². The van der Waals surface area contributed by atoms with Crippen molar-refractivity contribution < 1.29 is 4.79 Å². The first kappa shape index (κ1) is 8.75. The second-order valence-electron chi connectivity index (χ2n) is 2.09. The van der Waals surface area contributed by atoms with Crippen LogP contribution in [0.2, 0.25) is 0 Å². The molecule has 0 saturated carbocycles. The lowest BCUT2D eigenvalue weighted by molar-refractivity contribution is 0.270. The predicted octanol–water partition coefficient (Wildman–Crippen LogP) is 2.49. The van der Waals surface area contributed by atoms with E-state index in [0.717, 1.165) is 0 Å². The van der Waals surface area contributed by atoms with Crippen molar-refractivity contribution in [3.05, 3.63) is 29.8 Å². The molecular formula is C8H5BrN2O. The molecule has 3 nitrogen and oxygen atoms in total. The standard InChI is InChI=1S/C8H5BrN2O/c9-8(12)11-7-3-1-6(5-10)2-4-7/h1-4H,(H,11,12). The number of nitrogens with zero attached hydrogens (tertiary/aromatic N) is 1. The lowest BCUT2D eigenvalue weighted by atomic mass is 10.2.